The molecule has 1 saturated heterocycles. The first-order valence-corrected chi connectivity index (χ1v) is 6.16. The lowest BCUT2D eigenvalue weighted by Gasteiger charge is -2.33. The van der Waals surface area contributed by atoms with Crippen molar-refractivity contribution in [2.24, 2.45) is 0 Å². The van der Waals surface area contributed by atoms with Crippen molar-refractivity contribution in [1.82, 2.24) is 0 Å². The maximum Gasteiger partial charge on any atom is 0.0860 e. The number of aliphatic hydroxyl groups is 1. The normalized spacial score (nSPS) is 17.6. The fourth-order valence-electron chi connectivity index (χ4n) is 2.40. The summed E-state index contributed by atoms with van der Waals surface area (Å²) < 4.78 is 0. The lowest BCUT2D eigenvalue weighted by molar-refractivity contribution is 0.0790. The number of nitrogens with zero attached hydrogens (tertiary/aromatic N) is 1. The highest BCUT2D eigenvalue weighted by atomic mass is 16.3. The van der Waals surface area contributed by atoms with E-state index in [1.807, 2.05) is 26.0 Å². The zero-order valence-electron chi connectivity index (χ0n) is 10.2. The molecule has 1 aromatic rings. The Morgan fingerprint density at radius 1 is 1.06 bits per heavy atom. The lowest BCUT2D eigenvalue weighted by Crippen LogP contribution is -2.32. The summed E-state index contributed by atoms with van der Waals surface area (Å²) in [6.07, 6.45) is 3.86. The van der Waals surface area contributed by atoms with Crippen molar-refractivity contribution in [3.05, 3.63) is 29.8 Å². The van der Waals surface area contributed by atoms with E-state index in [1.165, 1.54) is 24.9 Å². The van der Waals surface area contributed by atoms with Crippen LogP contribution in [0, 0.1) is 0 Å². The Kier molecular flexibility index (Phi) is 3.20. The van der Waals surface area contributed by atoms with E-state index < -0.39 is 5.60 Å². The molecule has 0 bridgehead atoms. The zero-order chi connectivity index (χ0) is 11.6. The number of benzene rings is 1. The second-order valence-electron chi connectivity index (χ2n) is 5.12. The number of hydrogen-bond donors (Lipinski definition) is 1. The third kappa shape index (κ3) is 2.38. The van der Waals surface area contributed by atoms with Crippen LogP contribution in [0.3, 0.4) is 0 Å². The molecule has 2 nitrogen and oxygen atoms in total. The van der Waals surface area contributed by atoms with Gasteiger partial charge in [-0.15, -0.1) is 0 Å². The number of anilines is 1. The molecular weight excluding hydrogens is 198 g/mol. The van der Waals surface area contributed by atoms with E-state index in [0.717, 1.165) is 18.7 Å². The van der Waals surface area contributed by atoms with Gasteiger partial charge in [0.2, 0.25) is 0 Å². The Labute approximate surface area is 97.9 Å². The second kappa shape index (κ2) is 4.46. The highest BCUT2D eigenvalue weighted by Crippen LogP contribution is 2.31. The van der Waals surface area contributed by atoms with Crippen LogP contribution in [0.25, 0.3) is 0 Å². The molecule has 1 aliphatic heterocycles. The fourth-order valence-corrected chi connectivity index (χ4v) is 2.40. The predicted molar refractivity (Wildman–Crippen MR) is 67.8 cm³/mol. The van der Waals surface area contributed by atoms with Crippen LogP contribution in [0.1, 0.15) is 38.7 Å². The molecule has 0 unspecified atom stereocenters. The van der Waals surface area contributed by atoms with Gasteiger partial charge in [-0.25, -0.2) is 0 Å². The summed E-state index contributed by atoms with van der Waals surface area (Å²) in [4.78, 5) is 2.40. The molecule has 1 aliphatic rings. The Morgan fingerprint density at radius 3 is 2.31 bits per heavy atom. The van der Waals surface area contributed by atoms with Gasteiger partial charge in [0.05, 0.1) is 5.60 Å². The minimum atomic E-state index is -0.756. The van der Waals surface area contributed by atoms with E-state index in [0.29, 0.717) is 0 Å². The summed E-state index contributed by atoms with van der Waals surface area (Å²) in [6.45, 7) is 5.95. The van der Waals surface area contributed by atoms with Crippen molar-refractivity contribution in [1.29, 1.82) is 0 Å². The molecule has 1 N–H and O–H groups in total. The van der Waals surface area contributed by atoms with Gasteiger partial charge in [-0.3, -0.25) is 0 Å². The quantitative estimate of drug-likeness (QED) is 0.826. The molecule has 0 aliphatic carbocycles. The molecule has 16 heavy (non-hydrogen) atoms. The molecule has 0 aromatic heterocycles. The van der Waals surface area contributed by atoms with Gasteiger partial charge in [0.15, 0.2) is 0 Å². The molecule has 0 radical (unpaired) electrons. The van der Waals surface area contributed by atoms with Crippen LogP contribution < -0.4 is 4.90 Å². The number of para-hydroxylation sites is 1. The average Bonchev–Trinajstić information content (AvgIpc) is 2.29. The van der Waals surface area contributed by atoms with Crippen LogP contribution in [-0.2, 0) is 5.60 Å². The van der Waals surface area contributed by atoms with Crippen molar-refractivity contribution >= 4 is 5.69 Å². The van der Waals surface area contributed by atoms with Crippen LogP contribution >= 0.6 is 0 Å². The summed E-state index contributed by atoms with van der Waals surface area (Å²) in [5, 5.41) is 10.2. The summed E-state index contributed by atoms with van der Waals surface area (Å²) in [7, 11) is 0. The first kappa shape index (κ1) is 11.5. The molecule has 1 fully saturated rings. The molecule has 1 heterocycles. The monoisotopic (exact) mass is 219 g/mol. The number of piperidine rings is 1. The summed E-state index contributed by atoms with van der Waals surface area (Å²) in [6, 6.07) is 8.21. The van der Waals surface area contributed by atoms with Crippen molar-refractivity contribution in [3.8, 4) is 0 Å². The SMILES string of the molecule is CC(C)(O)c1ccccc1N1CCCCC1. The minimum absolute atomic E-state index is 0.756. The number of rotatable bonds is 2. The molecule has 0 amide bonds. The zero-order valence-corrected chi connectivity index (χ0v) is 10.2. The van der Waals surface area contributed by atoms with E-state index in [2.05, 4.69) is 17.0 Å². The van der Waals surface area contributed by atoms with Gasteiger partial charge in [-0.2, -0.15) is 0 Å². The largest absolute Gasteiger partial charge is 0.386 e. The smallest absolute Gasteiger partial charge is 0.0860 e. The maximum atomic E-state index is 10.2. The van der Waals surface area contributed by atoms with Crippen LogP contribution in [0.15, 0.2) is 24.3 Å². The molecule has 1 aromatic carbocycles. The van der Waals surface area contributed by atoms with Gasteiger partial charge in [-0.05, 0) is 39.2 Å². The number of hydrogen-bond acceptors (Lipinski definition) is 2. The lowest BCUT2D eigenvalue weighted by atomic mass is 9.95. The molecule has 0 spiro atoms. The molecule has 0 atom stereocenters. The highest BCUT2D eigenvalue weighted by molar-refractivity contribution is 5.56. The topological polar surface area (TPSA) is 23.5 Å². The Morgan fingerprint density at radius 2 is 1.69 bits per heavy atom. The summed E-state index contributed by atoms with van der Waals surface area (Å²) in [5.41, 5.74) is 1.49. The van der Waals surface area contributed by atoms with Crippen molar-refractivity contribution in [2.45, 2.75) is 38.7 Å². The molecular formula is C14H21NO. The van der Waals surface area contributed by atoms with Crippen molar-refractivity contribution in [2.75, 3.05) is 18.0 Å². The van der Waals surface area contributed by atoms with Crippen LogP contribution in [-0.4, -0.2) is 18.2 Å². The van der Waals surface area contributed by atoms with Crippen molar-refractivity contribution in [3.63, 3.8) is 0 Å². The van der Waals surface area contributed by atoms with Gasteiger partial charge in [0, 0.05) is 24.3 Å². The van der Waals surface area contributed by atoms with Crippen LogP contribution in [0.4, 0.5) is 5.69 Å². The van der Waals surface area contributed by atoms with E-state index in [-0.39, 0.29) is 0 Å². The van der Waals surface area contributed by atoms with E-state index >= 15 is 0 Å². The van der Waals surface area contributed by atoms with Crippen molar-refractivity contribution < 1.29 is 5.11 Å². The van der Waals surface area contributed by atoms with Gasteiger partial charge in [0.25, 0.3) is 0 Å². The van der Waals surface area contributed by atoms with Crippen LogP contribution in [0.5, 0.6) is 0 Å². The van der Waals surface area contributed by atoms with E-state index in [4.69, 9.17) is 0 Å². The Hall–Kier alpha value is -1.02. The van der Waals surface area contributed by atoms with Crippen LogP contribution in [0.2, 0.25) is 0 Å². The molecule has 88 valence electrons. The minimum Gasteiger partial charge on any atom is -0.386 e. The summed E-state index contributed by atoms with van der Waals surface area (Å²) in [5.74, 6) is 0. The van der Waals surface area contributed by atoms with Gasteiger partial charge >= 0.3 is 0 Å². The predicted octanol–water partition coefficient (Wildman–Crippen LogP) is 2.90. The van der Waals surface area contributed by atoms with E-state index in [9.17, 15) is 5.11 Å². The first-order chi connectivity index (χ1) is 7.59. The Bertz CT molecular complexity index is 348. The molecule has 2 rings (SSSR count). The van der Waals surface area contributed by atoms with E-state index in [1.54, 1.807) is 0 Å². The Balaban J connectivity index is 2.32. The fraction of sp³-hybridized carbons (Fsp3) is 0.571. The second-order valence-corrected chi connectivity index (χ2v) is 5.12. The third-order valence-corrected chi connectivity index (χ3v) is 3.26. The maximum absolute atomic E-state index is 10.2. The highest BCUT2D eigenvalue weighted by Gasteiger charge is 2.23. The molecule has 0 saturated carbocycles. The molecule has 2 heteroatoms. The van der Waals surface area contributed by atoms with Gasteiger partial charge in [0.1, 0.15) is 0 Å². The van der Waals surface area contributed by atoms with Gasteiger partial charge in [-0.1, -0.05) is 18.2 Å². The standard InChI is InChI=1S/C14H21NO/c1-14(2,16)12-8-4-5-9-13(12)15-10-6-3-7-11-15/h4-5,8-9,16H,3,6-7,10-11H2,1-2H3. The first-order valence-electron chi connectivity index (χ1n) is 6.16. The average molecular weight is 219 g/mol. The van der Waals surface area contributed by atoms with Gasteiger partial charge < -0.3 is 10.0 Å². The third-order valence-electron chi connectivity index (χ3n) is 3.26. The summed E-state index contributed by atoms with van der Waals surface area (Å²) >= 11 is 0.